The summed E-state index contributed by atoms with van der Waals surface area (Å²) in [7, 11) is 0. The topological polar surface area (TPSA) is 222 Å². The molecule has 138 valence electrons. The van der Waals surface area contributed by atoms with Crippen LogP contribution >= 0.6 is 0 Å². The first kappa shape index (κ1) is 17.0. The molecule has 0 aromatic carbocycles. The van der Waals surface area contributed by atoms with Gasteiger partial charge in [0.25, 0.3) is 0 Å². The van der Waals surface area contributed by atoms with E-state index in [0.29, 0.717) is 0 Å². The Kier molecular flexibility index (Phi) is 3.65. The lowest BCUT2D eigenvalue weighted by Crippen LogP contribution is -2.77. The van der Waals surface area contributed by atoms with Crippen LogP contribution in [-0.4, -0.2) is 80.9 Å². The third kappa shape index (κ3) is 2.31. The molecule has 25 heavy (non-hydrogen) atoms. The SMILES string of the molecule is NC(=O)OC[C@@H]1N=C(N)N2CC(CC(=O)O)C(O)(O)[C@@]23NC(N)=N[C@@H]13. The summed E-state index contributed by atoms with van der Waals surface area (Å²) in [4.78, 5) is 31.6. The second kappa shape index (κ2) is 5.35. The Labute approximate surface area is 141 Å². The molecule has 0 aliphatic carbocycles. The molecule has 3 aliphatic rings. The van der Waals surface area contributed by atoms with Gasteiger partial charge in [-0.1, -0.05) is 0 Å². The number of hydrogen-bond donors (Lipinski definition) is 7. The van der Waals surface area contributed by atoms with Gasteiger partial charge in [-0.2, -0.15) is 0 Å². The van der Waals surface area contributed by atoms with E-state index in [2.05, 4.69) is 15.3 Å². The Bertz CT molecular complexity index is 679. The minimum absolute atomic E-state index is 0.0907. The van der Waals surface area contributed by atoms with Crippen molar-refractivity contribution >= 4 is 24.0 Å². The molecule has 3 rings (SSSR count). The molecule has 13 nitrogen and oxygen atoms in total. The van der Waals surface area contributed by atoms with Crippen LogP contribution in [0.25, 0.3) is 0 Å². The lowest BCUT2D eigenvalue weighted by Gasteiger charge is -2.49. The number of aliphatic carboxylic acids is 1. The van der Waals surface area contributed by atoms with Crippen molar-refractivity contribution in [2.24, 2.45) is 33.1 Å². The normalized spacial score (nSPS) is 35.1. The summed E-state index contributed by atoms with van der Waals surface area (Å²) in [5.74, 6) is -5.04. The monoisotopic (exact) mass is 357 g/mol. The molecule has 3 aliphatic heterocycles. The van der Waals surface area contributed by atoms with Gasteiger partial charge in [0.2, 0.25) is 5.79 Å². The third-order valence-electron chi connectivity index (χ3n) is 4.74. The predicted molar refractivity (Wildman–Crippen MR) is 81.8 cm³/mol. The summed E-state index contributed by atoms with van der Waals surface area (Å²) in [6.07, 6.45) is -1.56. The van der Waals surface area contributed by atoms with Crippen molar-refractivity contribution < 1.29 is 29.6 Å². The van der Waals surface area contributed by atoms with E-state index in [1.165, 1.54) is 4.90 Å². The maximum atomic E-state index is 11.1. The van der Waals surface area contributed by atoms with Crippen LogP contribution in [0, 0.1) is 5.92 Å². The quantitative estimate of drug-likeness (QED) is 0.240. The van der Waals surface area contributed by atoms with Crippen molar-refractivity contribution in [1.29, 1.82) is 0 Å². The smallest absolute Gasteiger partial charge is 0.404 e. The van der Waals surface area contributed by atoms with Gasteiger partial charge in [0.1, 0.15) is 18.7 Å². The fourth-order valence-electron chi connectivity index (χ4n) is 3.75. The van der Waals surface area contributed by atoms with Gasteiger partial charge >= 0.3 is 12.1 Å². The summed E-state index contributed by atoms with van der Waals surface area (Å²) in [5, 5.41) is 33.4. The first-order valence-electron chi connectivity index (χ1n) is 7.40. The molecule has 0 bridgehead atoms. The van der Waals surface area contributed by atoms with Crippen LogP contribution in [0.5, 0.6) is 0 Å². The van der Waals surface area contributed by atoms with E-state index < -0.39 is 47.9 Å². The maximum absolute atomic E-state index is 11.1. The largest absolute Gasteiger partial charge is 0.481 e. The van der Waals surface area contributed by atoms with Crippen LogP contribution in [0.4, 0.5) is 4.79 Å². The number of carboxylic acids is 1. The van der Waals surface area contributed by atoms with E-state index >= 15 is 0 Å². The summed E-state index contributed by atoms with van der Waals surface area (Å²) in [6.45, 7) is -0.404. The van der Waals surface area contributed by atoms with E-state index in [1.807, 2.05) is 0 Å². The first-order valence-corrected chi connectivity index (χ1v) is 7.40. The van der Waals surface area contributed by atoms with Gasteiger partial charge in [0, 0.05) is 12.5 Å². The molecule has 0 aromatic heterocycles. The van der Waals surface area contributed by atoms with Crippen LogP contribution in [0.15, 0.2) is 9.98 Å². The fourth-order valence-corrected chi connectivity index (χ4v) is 3.75. The van der Waals surface area contributed by atoms with Crippen molar-refractivity contribution in [2.75, 3.05) is 13.2 Å². The van der Waals surface area contributed by atoms with Crippen LogP contribution in [0.2, 0.25) is 0 Å². The van der Waals surface area contributed by atoms with E-state index in [0.717, 1.165) is 0 Å². The summed E-state index contributed by atoms with van der Waals surface area (Å²) < 4.78 is 4.74. The average molecular weight is 357 g/mol. The van der Waals surface area contributed by atoms with Crippen molar-refractivity contribution in [3.63, 3.8) is 0 Å². The second-order valence-corrected chi connectivity index (χ2v) is 6.17. The lowest BCUT2D eigenvalue weighted by atomic mass is 9.82. The Morgan fingerprint density at radius 1 is 1.36 bits per heavy atom. The number of guanidine groups is 2. The molecule has 0 saturated carbocycles. The molecular formula is C12H19N7O6. The lowest BCUT2D eigenvalue weighted by molar-refractivity contribution is -0.244. The molecule has 1 unspecified atom stereocenters. The number of nitrogens with one attached hydrogen (secondary N) is 1. The highest BCUT2D eigenvalue weighted by Crippen LogP contribution is 2.48. The average Bonchev–Trinajstić information content (AvgIpc) is 2.94. The molecule has 1 fully saturated rings. The molecule has 1 spiro atoms. The molecule has 0 radical (unpaired) electrons. The molecular weight excluding hydrogens is 338 g/mol. The van der Waals surface area contributed by atoms with Crippen molar-refractivity contribution in [3.8, 4) is 0 Å². The predicted octanol–water partition coefficient (Wildman–Crippen LogP) is -4.15. The number of ether oxygens (including phenoxy) is 1. The van der Waals surface area contributed by atoms with Gasteiger partial charge in [0.15, 0.2) is 17.6 Å². The number of carboxylic acid groups (broad SMARTS) is 1. The number of hydrogen-bond acceptors (Lipinski definition) is 11. The summed E-state index contributed by atoms with van der Waals surface area (Å²) in [6, 6.07) is -1.88. The van der Waals surface area contributed by atoms with Crippen LogP contribution in [0.1, 0.15) is 6.42 Å². The number of aliphatic imine (C=N–C) groups is 2. The van der Waals surface area contributed by atoms with Crippen LogP contribution in [0.3, 0.4) is 0 Å². The Hall–Kier alpha value is -2.80. The summed E-state index contributed by atoms with van der Waals surface area (Å²) >= 11 is 0. The molecule has 13 heteroatoms. The number of rotatable bonds is 4. The number of nitrogens with zero attached hydrogens (tertiary/aromatic N) is 3. The van der Waals surface area contributed by atoms with E-state index in [9.17, 15) is 19.8 Å². The van der Waals surface area contributed by atoms with Gasteiger partial charge in [-0.3, -0.25) is 4.79 Å². The molecule has 0 aromatic rings. The molecule has 1 saturated heterocycles. The van der Waals surface area contributed by atoms with Gasteiger partial charge in [-0.05, 0) is 0 Å². The Morgan fingerprint density at radius 3 is 2.64 bits per heavy atom. The Balaban J connectivity index is 2.02. The van der Waals surface area contributed by atoms with Gasteiger partial charge in [-0.15, -0.1) is 0 Å². The fraction of sp³-hybridized carbons (Fsp3) is 0.667. The highest BCUT2D eigenvalue weighted by Gasteiger charge is 2.73. The second-order valence-electron chi connectivity index (χ2n) is 6.17. The van der Waals surface area contributed by atoms with Crippen molar-refractivity contribution in [1.82, 2.24) is 10.2 Å². The number of primary amides is 1. The van der Waals surface area contributed by atoms with E-state index in [4.69, 9.17) is 27.0 Å². The van der Waals surface area contributed by atoms with Crippen LogP contribution < -0.4 is 22.5 Å². The molecule has 10 N–H and O–H groups in total. The minimum atomic E-state index is -2.55. The van der Waals surface area contributed by atoms with E-state index in [-0.39, 0.29) is 25.1 Å². The zero-order chi connectivity index (χ0) is 18.6. The molecule has 1 amide bonds. The molecule has 3 heterocycles. The number of nitrogens with two attached hydrogens (primary N) is 3. The van der Waals surface area contributed by atoms with Gasteiger partial charge in [-0.25, -0.2) is 14.8 Å². The zero-order valence-electron chi connectivity index (χ0n) is 13.0. The zero-order valence-corrected chi connectivity index (χ0v) is 13.0. The van der Waals surface area contributed by atoms with Gasteiger partial charge in [0.05, 0.1) is 6.42 Å². The standard InChI is InChI=1S/C12H19N7O6/c13-8-17-7-5(3-25-10(15)22)16-9(14)19-2-4(1-6(20)21)12(23,24)11(7,19)18-8/h4-5,7,23-24H,1-3H2,(H2,14,16)(H2,15,22)(H,20,21)(H3,13,17,18)/t4?,5-,7-,11-/m0/s1. The van der Waals surface area contributed by atoms with Gasteiger partial charge < -0.3 is 47.5 Å². The van der Waals surface area contributed by atoms with Crippen molar-refractivity contribution in [2.45, 2.75) is 30.0 Å². The summed E-state index contributed by atoms with van der Waals surface area (Å²) in [5.41, 5.74) is 14.9. The first-order chi connectivity index (χ1) is 11.6. The maximum Gasteiger partial charge on any atom is 0.404 e. The Morgan fingerprint density at radius 2 is 2.04 bits per heavy atom. The highest BCUT2D eigenvalue weighted by atomic mass is 16.5. The number of carbonyl (C=O) groups is 2. The van der Waals surface area contributed by atoms with E-state index in [1.54, 1.807) is 0 Å². The third-order valence-corrected chi connectivity index (χ3v) is 4.74. The number of amides is 1. The van der Waals surface area contributed by atoms with Crippen LogP contribution in [-0.2, 0) is 9.53 Å². The number of carbonyl (C=O) groups excluding carboxylic acids is 1. The highest BCUT2D eigenvalue weighted by molar-refractivity contribution is 5.87. The minimum Gasteiger partial charge on any atom is -0.481 e. The van der Waals surface area contributed by atoms with Crippen molar-refractivity contribution in [3.05, 3.63) is 0 Å². The number of aliphatic hydroxyl groups is 2. The molecule has 4 atom stereocenters.